The lowest BCUT2D eigenvalue weighted by Gasteiger charge is -2.31. The minimum Gasteiger partial charge on any atom is -0.381 e. The van der Waals surface area contributed by atoms with Crippen LogP contribution in [0.4, 0.5) is 0 Å². The van der Waals surface area contributed by atoms with Crippen molar-refractivity contribution in [3.8, 4) is 0 Å². The Labute approximate surface area is 118 Å². The third-order valence-electron chi connectivity index (χ3n) is 4.88. The summed E-state index contributed by atoms with van der Waals surface area (Å²) in [6.07, 6.45) is 7.14. The van der Waals surface area contributed by atoms with E-state index in [4.69, 9.17) is 4.74 Å². The van der Waals surface area contributed by atoms with Gasteiger partial charge in [0.25, 0.3) is 0 Å². The molecule has 3 aliphatic rings. The predicted octanol–water partition coefficient (Wildman–Crippen LogP) is 2.12. The van der Waals surface area contributed by atoms with Crippen LogP contribution in [0.15, 0.2) is 0 Å². The summed E-state index contributed by atoms with van der Waals surface area (Å²) in [7, 11) is 0. The Morgan fingerprint density at radius 3 is 2.26 bits per heavy atom. The Morgan fingerprint density at radius 2 is 1.79 bits per heavy atom. The Balaban J connectivity index is 1.52. The van der Waals surface area contributed by atoms with Crippen molar-refractivity contribution < 1.29 is 4.74 Å². The van der Waals surface area contributed by atoms with Crippen molar-refractivity contribution in [3.63, 3.8) is 0 Å². The highest BCUT2D eigenvalue weighted by Crippen LogP contribution is 2.34. The highest BCUT2D eigenvalue weighted by Gasteiger charge is 2.32. The Hall–Kier alpha value is -0.120. The molecule has 3 rings (SSSR count). The van der Waals surface area contributed by atoms with Crippen molar-refractivity contribution in [1.29, 1.82) is 0 Å². The monoisotopic (exact) mass is 266 g/mol. The van der Waals surface area contributed by atoms with Gasteiger partial charge in [-0.2, -0.15) is 0 Å². The summed E-state index contributed by atoms with van der Waals surface area (Å²) in [4.78, 5) is 2.76. The second-order valence-corrected chi connectivity index (χ2v) is 6.89. The molecule has 3 fully saturated rings. The molecule has 110 valence electrons. The van der Waals surface area contributed by atoms with Gasteiger partial charge in [-0.3, -0.25) is 0 Å². The first-order valence-corrected chi connectivity index (χ1v) is 8.38. The number of rotatable bonds is 9. The van der Waals surface area contributed by atoms with E-state index >= 15 is 0 Å². The Bertz CT molecular complexity index is 256. The summed E-state index contributed by atoms with van der Waals surface area (Å²) >= 11 is 0. The van der Waals surface area contributed by atoms with E-state index in [1.165, 1.54) is 51.7 Å². The van der Waals surface area contributed by atoms with Gasteiger partial charge in [0.05, 0.1) is 6.61 Å². The highest BCUT2D eigenvalue weighted by atomic mass is 16.5. The average Bonchev–Trinajstić information content (AvgIpc) is 3.32. The molecule has 2 aliphatic carbocycles. The minimum atomic E-state index is 0.644. The molecule has 2 saturated carbocycles. The van der Waals surface area contributed by atoms with E-state index < -0.39 is 0 Å². The van der Waals surface area contributed by atoms with Crippen LogP contribution in [-0.2, 0) is 4.74 Å². The second kappa shape index (κ2) is 6.55. The smallest absolute Gasteiger partial charge is 0.0510 e. The SMILES string of the molecule is CCNC(CN(CC1CC1)CC1CC1)C1CCOC1. The summed E-state index contributed by atoms with van der Waals surface area (Å²) in [5.74, 6) is 2.77. The van der Waals surface area contributed by atoms with E-state index in [0.29, 0.717) is 6.04 Å². The van der Waals surface area contributed by atoms with Crippen molar-refractivity contribution in [2.45, 2.75) is 45.1 Å². The van der Waals surface area contributed by atoms with Gasteiger partial charge in [-0.05, 0) is 50.5 Å². The summed E-state index contributed by atoms with van der Waals surface area (Å²) in [5, 5.41) is 3.72. The molecule has 0 radical (unpaired) electrons. The van der Waals surface area contributed by atoms with Crippen LogP contribution in [0.1, 0.15) is 39.0 Å². The van der Waals surface area contributed by atoms with Gasteiger partial charge in [-0.15, -0.1) is 0 Å². The maximum absolute atomic E-state index is 5.59. The first-order chi connectivity index (χ1) is 9.35. The van der Waals surface area contributed by atoms with Crippen molar-refractivity contribution >= 4 is 0 Å². The van der Waals surface area contributed by atoms with E-state index in [1.54, 1.807) is 0 Å². The third kappa shape index (κ3) is 4.44. The van der Waals surface area contributed by atoms with Gasteiger partial charge in [0.1, 0.15) is 0 Å². The maximum atomic E-state index is 5.59. The standard InChI is InChI=1S/C16H30N2O/c1-2-17-16(15-7-8-19-12-15)11-18(9-13-3-4-13)10-14-5-6-14/h13-17H,2-12H2,1H3. The zero-order valence-corrected chi connectivity index (χ0v) is 12.4. The number of nitrogens with zero attached hydrogens (tertiary/aromatic N) is 1. The number of nitrogens with one attached hydrogen (secondary N) is 1. The van der Waals surface area contributed by atoms with Crippen LogP contribution in [0.25, 0.3) is 0 Å². The number of likely N-dealkylation sites (N-methyl/N-ethyl adjacent to an activating group) is 1. The molecule has 1 saturated heterocycles. The number of ether oxygens (including phenoxy) is 1. The topological polar surface area (TPSA) is 24.5 Å². The molecular formula is C16H30N2O. The molecule has 19 heavy (non-hydrogen) atoms. The molecule has 3 heteroatoms. The fourth-order valence-electron chi connectivity index (χ4n) is 3.35. The van der Waals surface area contributed by atoms with E-state index in [9.17, 15) is 0 Å². The van der Waals surface area contributed by atoms with Crippen molar-refractivity contribution in [2.24, 2.45) is 17.8 Å². The van der Waals surface area contributed by atoms with Crippen LogP contribution < -0.4 is 5.32 Å². The zero-order valence-electron chi connectivity index (χ0n) is 12.4. The minimum absolute atomic E-state index is 0.644. The summed E-state index contributed by atoms with van der Waals surface area (Å²) in [6, 6.07) is 0.644. The molecule has 2 atom stereocenters. The van der Waals surface area contributed by atoms with Crippen LogP contribution in [0, 0.1) is 17.8 Å². The molecule has 2 unspecified atom stereocenters. The normalized spacial score (nSPS) is 29.1. The zero-order chi connectivity index (χ0) is 13.1. The number of hydrogen-bond donors (Lipinski definition) is 1. The number of hydrogen-bond acceptors (Lipinski definition) is 3. The van der Waals surface area contributed by atoms with Crippen molar-refractivity contribution in [2.75, 3.05) is 39.4 Å². The molecule has 0 aromatic carbocycles. The lowest BCUT2D eigenvalue weighted by atomic mass is 9.98. The first kappa shape index (κ1) is 13.8. The van der Waals surface area contributed by atoms with Crippen molar-refractivity contribution in [3.05, 3.63) is 0 Å². The molecule has 0 aromatic rings. The van der Waals surface area contributed by atoms with Gasteiger partial charge in [-0.25, -0.2) is 0 Å². The summed E-state index contributed by atoms with van der Waals surface area (Å²) < 4.78 is 5.59. The van der Waals surface area contributed by atoms with Crippen LogP contribution in [0.3, 0.4) is 0 Å². The summed E-state index contributed by atoms with van der Waals surface area (Å²) in [6.45, 7) is 9.21. The molecule has 3 nitrogen and oxygen atoms in total. The molecule has 1 aliphatic heterocycles. The molecule has 0 amide bonds. The fraction of sp³-hybridized carbons (Fsp3) is 1.00. The third-order valence-corrected chi connectivity index (χ3v) is 4.88. The first-order valence-electron chi connectivity index (χ1n) is 8.38. The molecular weight excluding hydrogens is 236 g/mol. The lowest BCUT2D eigenvalue weighted by molar-refractivity contribution is 0.157. The molecule has 0 spiro atoms. The van der Waals surface area contributed by atoms with Crippen LogP contribution in [-0.4, -0.2) is 50.3 Å². The van der Waals surface area contributed by atoms with Gasteiger partial charge < -0.3 is 15.0 Å². The molecule has 0 aromatic heterocycles. The van der Waals surface area contributed by atoms with Crippen LogP contribution >= 0.6 is 0 Å². The Morgan fingerprint density at radius 1 is 1.11 bits per heavy atom. The largest absolute Gasteiger partial charge is 0.381 e. The Kier molecular flexibility index (Phi) is 4.78. The van der Waals surface area contributed by atoms with Gasteiger partial charge in [0, 0.05) is 38.2 Å². The van der Waals surface area contributed by atoms with E-state index in [0.717, 1.165) is 37.5 Å². The van der Waals surface area contributed by atoms with Gasteiger partial charge in [0.2, 0.25) is 0 Å². The van der Waals surface area contributed by atoms with E-state index in [2.05, 4.69) is 17.1 Å². The van der Waals surface area contributed by atoms with Crippen LogP contribution in [0.2, 0.25) is 0 Å². The predicted molar refractivity (Wildman–Crippen MR) is 78.3 cm³/mol. The van der Waals surface area contributed by atoms with Gasteiger partial charge in [-0.1, -0.05) is 6.92 Å². The fourth-order valence-corrected chi connectivity index (χ4v) is 3.35. The molecule has 0 bridgehead atoms. The van der Waals surface area contributed by atoms with E-state index in [-0.39, 0.29) is 0 Å². The summed E-state index contributed by atoms with van der Waals surface area (Å²) in [5.41, 5.74) is 0. The lowest BCUT2D eigenvalue weighted by Crippen LogP contribution is -2.47. The second-order valence-electron chi connectivity index (χ2n) is 6.89. The average molecular weight is 266 g/mol. The van der Waals surface area contributed by atoms with Crippen LogP contribution in [0.5, 0.6) is 0 Å². The quantitative estimate of drug-likeness (QED) is 0.692. The molecule has 1 heterocycles. The van der Waals surface area contributed by atoms with E-state index in [1.807, 2.05) is 0 Å². The van der Waals surface area contributed by atoms with Gasteiger partial charge >= 0.3 is 0 Å². The maximum Gasteiger partial charge on any atom is 0.0510 e. The highest BCUT2D eigenvalue weighted by molar-refractivity contribution is 4.87. The van der Waals surface area contributed by atoms with Crippen molar-refractivity contribution in [1.82, 2.24) is 10.2 Å². The van der Waals surface area contributed by atoms with Gasteiger partial charge in [0.15, 0.2) is 0 Å². The molecule has 1 N–H and O–H groups in total.